The molecular formula is C18H18N2O3. The molecule has 0 spiro atoms. The Morgan fingerprint density at radius 1 is 0.957 bits per heavy atom. The quantitative estimate of drug-likeness (QED) is 0.520. The number of ether oxygens (including phenoxy) is 3. The van der Waals surface area contributed by atoms with Crippen LogP contribution in [0.25, 0.3) is 11.6 Å². The second kappa shape index (κ2) is 7.23. The highest BCUT2D eigenvalue weighted by Crippen LogP contribution is 2.30. The zero-order valence-electron chi connectivity index (χ0n) is 13.3. The molecule has 0 amide bonds. The number of hydrogen-bond acceptors (Lipinski definition) is 5. The molecule has 2 aromatic rings. The van der Waals surface area contributed by atoms with Crippen LogP contribution in [0.1, 0.15) is 11.1 Å². The Morgan fingerprint density at radius 3 is 2.17 bits per heavy atom. The number of anilines is 1. The van der Waals surface area contributed by atoms with E-state index in [0.29, 0.717) is 28.5 Å². The molecule has 0 aliphatic heterocycles. The molecule has 5 heteroatoms. The van der Waals surface area contributed by atoms with E-state index in [4.69, 9.17) is 19.9 Å². The highest BCUT2D eigenvalue weighted by Gasteiger charge is 2.07. The average molecular weight is 310 g/mol. The van der Waals surface area contributed by atoms with Gasteiger partial charge in [-0.25, -0.2) is 0 Å². The third-order valence-corrected chi connectivity index (χ3v) is 3.38. The molecule has 0 saturated heterocycles. The minimum Gasteiger partial charge on any atom is -0.495 e. The SMILES string of the molecule is COc1ccc(C(C#N)=Cc2ccc(OC)c(OC)c2)cc1N. The van der Waals surface area contributed by atoms with E-state index in [2.05, 4.69) is 6.07 Å². The molecule has 0 aromatic heterocycles. The van der Waals surface area contributed by atoms with Gasteiger partial charge in [0.05, 0.1) is 38.7 Å². The van der Waals surface area contributed by atoms with Gasteiger partial charge in [-0.1, -0.05) is 6.07 Å². The second-order valence-corrected chi connectivity index (χ2v) is 4.74. The zero-order valence-corrected chi connectivity index (χ0v) is 13.3. The minimum absolute atomic E-state index is 0.485. The first-order valence-electron chi connectivity index (χ1n) is 6.90. The Hall–Kier alpha value is -3.13. The van der Waals surface area contributed by atoms with Gasteiger partial charge in [0, 0.05) is 0 Å². The molecule has 0 atom stereocenters. The molecule has 0 heterocycles. The van der Waals surface area contributed by atoms with Crippen LogP contribution in [-0.4, -0.2) is 21.3 Å². The van der Waals surface area contributed by atoms with E-state index in [1.165, 1.54) is 0 Å². The topological polar surface area (TPSA) is 77.5 Å². The van der Waals surface area contributed by atoms with Gasteiger partial charge in [0.15, 0.2) is 11.5 Å². The van der Waals surface area contributed by atoms with Crippen LogP contribution in [0.2, 0.25) is 0 Å². The molecule has 23 heavy (non-hydrogen) atoms. The zero-order chi connectivity index (χ0) is 16.8. The molecule has 2 N–H and O–H groups in total. The van der Waals surface area contributed by atoms with Gasteiger partial charge in [0.25, 0.3) is 0 Å². The van der Waals surface area contributed by atoms with Gasteiger partial charge >= 0.3 is 0 Å². The van der Waals surface area contributed by atoms with Gasteiger partial charge in [-0.15, -0.1) is 0 Å². The van der Waals surface area contributed by atoms with Gasteiger partial charge in [-0.2, -0.15) is 5.26 Å². The number of hydrogen-bond donors (Lipinski definition) is 1. The third kappa shape index (κ3) is 3.55. The molecule has 0 aliphatic carbocycles. The van der Waals surface area contributed by atoms with Gasteiger partial charge in [0.2, 0.25) is 0 Å². The van der Waals surface area contributed by atoms with Crippen molar-refractivity contribution in [2.24, 2.45) is 0 Å². The first-order valence-corrected chi connectivity index (χ1v) is 6.90. The minimum atomic E-state index is 0.485. The highest BCUT2D eigenvalue weighted by molar-refractivity contribution is 5.91. The van der Waals surface area contributed by atoms with E-state index < -0.39 is 0 Å². The van der Waals surface area contributed by atoms with Crippen molar-refractivity contribution in [3.8, 4) is 23.3 Å². The Kier molecular flexibility index (Phi) is 5.11. The Morgan fingerprint density at radius 2 is 1.61 bits per heavy atom. The van der Waals surface area contributed by atoms with Crippen molar-refractivity contribution in [2.75, 3.05) is 27.1 Å². The van der Waals surface area contributed by atoms with Crippen LogP contribution in [0.3, 0.4) is 0 Å². The van der Waals surface area contributed by atoms with E-state index in [9.17, 15) is 5.26 Å². The average Bonchev–Trinajstić information content (AvgIpc) is 2.59. The van der Waals surface area contributed by atoms with Gasteiger partial charge in [-0.05, 0) is 47.5 Å². The standard InChI is InChI=1S/C18H18N2O3/c1-21-16-7-5-13(10-15(16)20)14(11-19)8-12-4-6-17(22-2)18(9-12)23-3/h4-10H,20H2,1-3H3. The van der Waals surface area contributed by atoms with Crippen molar-refractivity contribution in [1.29, 1.82) is 5.26 Å². The summed E-state index contributed by atoms with van der Waals surface area (Å²) in [5, 5.41) is 9.44. The van der Waals surface area contributed by atoms with Crippen molar-refractivity contribution in [3.63, 3.8) is 0 Å². The highest BCUT2D eigenvalue weighted by atomic mass is 16.5. The number of rotatable bonds is 5. The lowest BCUT2D eigenvalue weighted by atomic mass is 10.0. The van der Waals surface area contributed by atoms with Gasteiger partial charge in [0.1, 0.15) is 5.75 Å². The summed E-state index contributed by atoms with van der Waals surface area (Å²) >= 11 is 0. The first kappa shape index (κ1) is 16.2. The number of nitrogens with two attached hydrogens (primary N) is 1. The van der Waals surface area contributed by atoms with E-state index in [-0.39, 0.29) is 0 Å². The van der Waals surface area contributed by atoms with Crippen LogP contribution in [0, 0.1) is 11.3 Å². The van der Waals surface area contributed by atoms with Crippen LogP contribution in [-0.2, 0) is 0 Å². The fraction of sp³-hybridized carbons (Fsp3) is 0.167. The van der Waals surface area contributed by atoms with Crippen molar-refractivity contribution in [2.45, 2.75) is 0 Å². The molecule has 0 fully saturated rings. The summed E-state index contributed by atoms with van der Waals surface area (Å²) in [5.74, 6) is 1.82. The van der Waals surface area contributed by atoms with Crippen LogP contribution in [0.5, 0.6) is 17.2 Å². The van der Waals surface area contributed by atoms with Crippen molar-refractivity contribution < 1.29 is 14.2 Å². The Bertz CT molecular complexity index is 776. The lowest BCUT2D eigenvalue weighted by Crippen LogP contribution is -1.94. The summed E-state index contributed by atoms with van der Waals surface area (Å²) in [6.45, 7) is 0. The maximum Gasteiger partial charge on any atom is 0.161 e. The summed E-state index contributed by atoms with van der Waals surface area (Å²) in [7, 11) is 4.70. The fourth-order valence-electron chi connectivity index (χ4n) is 2.19. The Balaban J connectivity index is 2.43. The number of benzene rings is 2. The summed E-state index contributed by atoms with van der Waals surface area (Å²) in [4.78, 5) is 0. The smallest absolute Gasteiger partial charge is 0.161 e. The van der Waals surface area contributed by atoms with Crippen LogP contribution in [0.4, 0.5) is 5.69 Å². The lowest BCUT2D eigenvalue weighted by Gasteiger charge is -2.09. The summed E-state index contributed by atoms with van der Waals surface area (Å²) in [6, 6.07) is 12.9. The summed E-state index contributed by atoms with van der Waals surface area (Å²) < 4.78 is 15.6. The molecule has 0 radical (unpaired) electrons. The predicted molar refractivity (Wildman–Crippen MR) is 90.4 cm³/mol. The van der Waals surface area contributed by atoms with E-state index in [1.54, 1.807) is 51.7 Å². The fourth-order valence-corrected chi connectivity index (χ4v) is 2.19. The number of nitriles is 1. The van der Waals surface area contributed by atoms with Crippen molar-refractivity contribution in [1.82, 2.24) is 0 Å². The molecule has 0 saturated carbocycles. The molecule has 0 bridgehead atoms. The van der Waals surface area contributed by atoms with Crippen LogP contribution in [0.15, 0.2) is 36.4 Å². The van der Waals surface area contributed by atoms with E-state index in [1.807, 2.05) is 12.1 Å². The molecule has 5 nitrogen and oxygen atoms in total. The maximum atomic E-state index is 9.44. The predicted octanol–water partition coefficient (Wildman–Crippen LogP) is 3.36. The van der Waals surface area contributed by atoms with E-state index >= 15 is 0 Å². The van der Waals surface area contributed by atoms with E-state index in [0.717, 1.165) is 11.1 Å². The number of methoxy groups -OCH3 is 3. The first-order chi connectivity index (χ1) is 11.1. The van der Waals surface area contributed by atoms with Crippen LogP contribution < -0.4 is 19.9 Å². The molecule has 0 aliphatic rings. The largest absolute Gasteiger partial charge is 0.495 e. The Labute approximate surface area is 135 Å². The van der Waals surface area contributed by atoms with Gasteiger partial charge in [-0.3, -0.25) is 0 Å². The summed E-state index contributed by atoms with van der Waals surface area (Å²) in [6.07, 6.45) is 1.77. The number of allylic oxidation sites excluding steroid dienone is 1. The number of nitrogen functional groups attached to an aromatic ring is 1. The molecule has 2 aromatic carbocycles. The monoisotopic (exact) mass is 310 g/mol. The lowest BCUT2D eigenvalue weighted by molar-refractivity contribution is 0.355. The molecule has 2 rings (SSSR count). The maximum absolute atomic E-state index is 9.44. The van der Waals surface area contributed by atoms with Gasteiger partial charge < -0.3 is 19.9 Å². The third-order valence-electron chi connectivity index (χ3n) is 3.38. The number of nitrogens with zero attached hydrogens (tertiary/aromatic N) is 1. The van der Waals surface area contributed by atoms with Crippen molar-refractivity contribution in [3.05, 3.63) is 47.5 Å². The van der Waals surface area contributed by atoms with Crippen molar-refractivity contribution >= 4 is 17.3 Å². The molecule has 118 valence electrons. The molecule has 0 unspecified atom stereocenters. The normalized spacial score (nSPS) is 10.8. The molecular weight excluding hydrogens is 292 g/mol. The second-order valence-electron chi connectivity index (χ2n) is 4.74. The van der Waals surface area contributed by atoms with Crippen LogP contribution >= 0.6 is 0 Å². The summed E-state index contributed by atoms with van der Waals surface area (Å²) in [5.41, 5.74) is 8.43.